The molecule has 0 bridgehead atoms. The Morgan fingerprint density at radius 1 is 0.535 bits per heavy atom. The number of carbonyl (C=O) groups is 1. The summed E-state index contributed by atoms with van der Waals surface area (Å²) < 4.78 is 67.1. The number of rotatable bonds is 10. The maximum atomic E-state index is 14.5. The van der Waals surface area contributed by atoms with E-state index in [9.17, 15) is 34.2 Å². The van der Waals surface area contributed by atoms with E-state index in [1.54, 1.807) is 13.8 Å². The first-order valence-corrected chi connectivity index (χ1v) is 30.0. The molecular weight excluding hydrogens is 1130 g/mol. The first-order chi connectivity index (χ1) is 39.3. The summed E-state index contributed by atoms with van der Waals surface area (Å²) in [6.07, 6.45) is 4.29. The predicted molar refractivity (Wildman–Crippen MR) is 339 cm³/mol. The Hall–Kier alpha value is -5.07. The van der Waals surface area contributed by atoms with Gasteiger partial charge in [0.2, 0.25) is 0 Å². The number of likely N-dealkylation sites (tertiary alicyclic amines) is 3. The quantitative estimate of drug-likeness (QED) is 0.105. The topological polar surface area (TPSA) is 59.1 Å². The van der Waals surface area contributed by atoms with Crippen LogP contribution in [0.1, 0.15) is 138 Å². The first-order valence-electron chi connectivity index (χ1n) is 28.8. The van der Waals surface area contributed by atoms with Crippen molar-refractivity contribution in [1.82, 2.24) is 20.0 Å². The third-order valence-electron chi connectivity index (χ3n) is 16.0. The van der Waals surface area contributed by atoms with Gasteiger partial charge in [0.05, 0.1) is 6.10 Å². The molecule has 1 unspecified atom stereocenters. The Morgan fingerprint density at radius 3 is 1.29 bits per heavy atom. The van der Waals surface area contributed by atoms with Crippen LogP contribution in [-0.4, -0.2) is 77.6 Å². The molecule has 459 valence electrons. The molecule has 0 amide bonds. The molecule has 3 radical (unpaired) electrons. The van der Waals surface area contributed by atoms with Crippen LogP contribution in [0, 0.1) is 11.8 Å². The number of aliphatic hydroxyl groups excluding tert-OH is 1. The number of hydrogen-bond donors (Lipinski definition) is 2. The van der Waals surface area contributed by atoms with Crippen LogP contribution in [0.2, 0.25) is 0 Å². The van der Waals surface area contributed by atoms with Crippen molar-refractivity contribution in [3.63, 3.8) is 0 Å². The van der Waals surface area contributed by atoms with Crippen molar-refractivity contribution >= 4 is 25.8 Å². The van der Waals surface area contributed by atoms with Crippen molar-refractivity contribution in [1.29, 1.82) is 0 Å². The first kappa shape index (κ1) is 75.2. The number of nitrogens with zero attached hydrogens (tertiary/aromatic N) is 3. The van der Waals surface area contributed by atoms with Gasteiger partial charge in [-0.3, -0.25) is 24.2 Å². The van der Waals surface area contributed by atoms with Gasteiger partial charge in [-0.15, -0.1) is 0 Å². The monoisotopic (exact) mass is 1220 g/mol. The summed E-state index contributed by atoms with van der Waals surface area (Å²) in [5, 5.41) is 13.5. The van der Waals surface area contributed by atoms with E-state index in [0.29, 0.717) is 62.2 Å². The fourth-order valence-electron chi connectivity index (χ4n) is 11.6. The minimum absolute atomic E-state index is 0. The van der Waals surface area contributed by atoms with Gasteiger partial charge in [-0.2, -0.15) is 0 Å². The summed E-state index contributed by atoms with van der Waals surface area (Å²) in [5.41, 5.74) is 6.89. The maximum absolute atomic E-state index is 14.5. The van der Waals surface area contributed by atoms with Gasteiger partial charge in [0.25, 0.3) is 0 Å². The molecule has 6 nitrogen and oxygen atoms in total. The number of piperidine rings is 4. The van der Waals surface area contributed by atoms with Crippen LogP contribution >= 0.6 is 11.6 Å². The second kappa shape index (κ2) is 37.1. The Balaban J connectivity index is 0.000000381. The maximum Gasteiger partial charge on any atom is 1.00 e. The number of aliphatic hydroxyl groups is 1. The Morgan fingerprint density at radius 2 is 0.884 bits per heavy atom. The van der Waals surface area contributed by atoms with Crippen LogP contribution in [0.4, 0.5) is 29.0 Å². The van der Waals surface area contributed by atoms with E-state index in [1.165, 1.54) is 38.9 Å². The van der Waals surface area contributed by atoms with Crippen molar-refractivity contribution in [2.45, 2.75) is 135 Å². The molecule has 4 saturated heterocycles. The van der Waals surface area contributed by atoms with Crippen LogP contribution < -0.4 is 34.9 Å². The molecule has 2 N–H and O–H groups in total. The molecule has 7 aromatic rings. The van der Waals surface area contributed by atoms with E-state index in [-0.39, 0.29) is 69.6 Å². The van der Waals surface area contributed by atoms with Crippen LogP contribution in [0.25, 0.3) is 0 Å². The van der Waals surface area contributed by atoms with Crippen molar-refractivity contribution in [3.05, 3.63) is 251 Å². The molecule has 0 saturated carbocycles. The number of benzene rings is 7. The number of hydrogen-bond acceptors (Lipinski definition) is 6. The summed E-state index contributed by atoms with van der Waals surface area (Å²) in [6.45, 7) is 13.0. The van der Waals surface area contributed by atoms with E-state index in [0.717, 1.165) is 52.0 Å². The molecule has 0 aromatic heterocycles. The number of halogens is 7. The van der Waals surface area contributed by atoms with Crippen molar-refractivity contribution in [2.24, 2.45) is 11.8 Å². The average molecular weight is 1220 g/mol. The molecule has 16 heteroatoms. The summed E-state index contributed by atoms with van der Waals surface area (Å²) in [6, 6.07) is 74.3. The smallest absolute Gasteiger partial charge is 1.00 e. The molecule has 7 aromatic carbocycles. The van der Waals surface area contributed by atoms with Gasteiger partial charge in [0.1, 0.15) is 17.1 Å². The van der Waals surface area contributed by atoms with Crippen LogP contribution in [0.3, 0.4) is 0 Å². The number of carbonyl (C=O) groups excluding carboxylic acids is 1. The zero-order chi connectivity index (χ0) is 58.5. The molecular formula is C70H88BF7N4NaO2S. The molecule has 9 atom stereocenters. The Labute approximate surface area is 536 Å². The number of alkyl halides is 2. The fourth-order valence-corrected chi connectivity index (χ4v) is 11.6. The van der Waals surface area contributed by atoms with Crippen LogP contribution in [0.15, 0.2) is 212 Å². The molecule has 4 fully saturated rings. The Bertz CT molecular complexity index is 2910. The second-order valence-corrected chi connectivity index (χ2v) is 23.6. The van der Waals surface area contributed by atoms with Crippen LogP contribution in [-0.2, 0) is 24.4 Å². The Kier molecular flexibility index (Phi) is 32.4. The van der Waals surface area contributed by atoms with Crippen molar-refractivity contribution in [2.75, 3.05) is 26.2 Å². The minimum atomic E-state index is -6.17. The van der Waals surface area contributed by atoms with Gasteiger partial charge in [-0.1, -0.05) is 249 Å². The SMILES string of the molecule is C.C[C@H]1CN(Cc2ccccc2)[C@H](c2ccccc2)CC1=O.C[C@H]1CN(Cc2ccccc2)[C@H](c2ccccc2)CC1O.C[C@]1(F)CC[C@@H](c2ccccc2)N(Cc2ccccc2)C1.C[C@]1(F)CC[C@@H](c2ccccc2)NC1.F.FS(F)(F)F.[B].[H-].[Na+]. The molecule has 11 rings (SSSR count). The third kappa shape index (κ3) is 25.2. The second-order valence-electron chi connectivity index (χ2n) is 23.0. The average Bonchev–Trinajstić information content (AvgIpc) is 1.69. The van der Waals surface area contributed by atoms with Gasteiger partial charge in [-0.05, 0) is 90.8 Å². The van der Waals surface area contributed by atoms with Crippen molar-refractivity contribution in [3.8, 4) is 0 Å². The predicted octanol–water partition coefficient (Wildman–Crippen LogP) is 14.9. The van der Waals surface area contributed by atoms with Gasteiger partial charge in [0.15, 0.2) is 0 Å². The summed E-state index contributed by atoms with van der Waals surface area (Å²) >= 11 is -6.17. The number of ketones is 1. The van der Waals surface area contributed by atoms with Gasteiger partial charge >= 0.3 is 41.1 Å². The summed E-state index contributed by atoms with van der Waals surface area (Å²) in [5.74, 6) is 0.843. The largest absolute Gasteiger partial charge is 1.00 e. The van der Waals surface area contributed by atoms with Crippen LogP contribution in [0.5, 0.6) is 0 Å². The zero-order valence-corrected chi connectivity index (χ0v) is 52.6. The molecule has 4 aliphatic rings. The zero-order valence-electron chi connectivity index (χ0n) is 50.8. The molecule has 0 aliphatic carbocycles. The summed E-state index contributed by atoms with van der Waals surface area (Å²) in [7, 11) is 0. The van der Waals surface area contributed by atoms with Crippen molar-refractivity contribution < 1.29 is 69.9 Å². The van der Waals surface area contributed by atoms with Gasteiger partial charge < -0.3 is 11.8 Å². The van der Waals surface area contributed by atoms with E-state index in [1.807, 2.05) is 67.6 Å². The molecule has 0 spiro atoms. The number of Topliss-reactive ketones (excluding diaryl/α,β-unsaturated/α-hetero) is 1. The summed E-state index contributed by atoms with van der Waals surface area (Å²) in [4.78, 5) is 19.4. The molecule has 4 aliphatic heterocycles. The van der Waals surface area contributed by atoms with Gasteiger partial charge in [0, 0.05) is 90.7 Å². The third-order valence-corrected chi connectivity index (χ3v) is 16.0. The minimum Gasteiger partial charge on any atom is -1.00 e. The van der Waals surface area contributed by atoms with E-state index in [4.69, 9.17) is 0 Å². The molecule has 4 heterocycles. The fraction of sp³-hybridized carbons (Fsp3) is 0.386. The normalized spacial score (nSPS) is 24.9. The van der Waals surface area contributed by atoms with Gasteiger partial charge in [-0.25, -0.2) is 8.78 Å². The van der Waals surface area contributed by atoms with E-state index in [2.05, 4.69) is 179 Å². The van der Waals surface area contributed by atoms with E-state index >= 15 is 0 Å². The number of nitrogens with one attached hydrogen (secondary N) is 1. The standard InChI is InChI=1S/C19H22FN.C19H23NO.C19H21NO.C12H16FN.CH4.B.F4S.FH.Na.H/c1-19(20)13-12-18(17-10-6-3-7-11-17)21(15-19)14-16-8-4-2-5-9-16;2*1-15-13-20(14-16-8-4-2-5-9-16)18(12-19(15)21)17-10-6-3-7-11-17;1-12(13)8-7-11(14-9-12)10-5-3-2-4-6-10;;;1-5(2,3)4;;;/h2-11,18H,12-15H2,1H3;2-11,15,18-19,21H,12-14H2,1H3;2-11,15,18H,12-14H2,1H3;2-6,11,14H,7-9H2,1H3;1H4;;;1H;;/q;;;;;;;;+1;-1/t18-,19-;15-,18-,19?;15-,18-;11-,12-;;;;;;/m0000....../s1. The molecule has 86 heavy (non-hydrogen) atoms. The van der Waals surface area contributed by atoms with E-state index < -0.39 is 22.9 Å².